The Bertz CT molecular complexity index is 515. The third-order valence-corrected chi connectivity index (χ3v) is 2.76. The van der Waals surface area contributed by atoms with Crippen LogP contribution in [0.1, 0.15) is 23.7 Å². The van der Waals surface area contributed by atoms with Crippen molar-refractivity contribution < 1.29 is 5.11 Å². The topological polar surface area (TPSA) is 38.0 Å². The number of aryl methyl sites for hydroxylation is 2. The minimum Gasteiger partial charge on any atom is -0.493 e. The molecule has 0 unspecified atom stereocenters. The SMILES string of the molecule is CCc1c(C)nn(-c2cccc(C)c2)c1O. The van der Waals surface area contributed by atoms with Crippen LogP contribution in [0.2, 0.25) is 0 Å². The van der Waals surface area contributed by atoms with Gasteiger partial charge in [-0.15, -0.1) is 0 Å². The Balaban J connectivity index is 2.56. The maximum Gasteiger partial charge on any atom is 0.217 e. The predicted octanol–water partition coefficient (Wildman–Crippen LogP) is 2.76. The van der Waals surface area contributed by atoms with Gasteiger partial charge >= 0.3 is 0 Å². The van der Waals surface area contributed by atoms with Gasteiger partial charge in [0.1, 0.15) is 0 Å². The van der Waals surface area contributed by atoms with E-state index < -0.39 is 0 Å². The van der Waals surface area contributed by atoms with Crippen LogP contribution in [-0.4, -0.2) is 14.9 Å². The molecule has 16 heavy (non-hydrogen) atoms. The quantitative estimate of drug-likeness (QED) is 0.838. The smallest absolute Gasteiger partial charge is 0.217 e. The highest BCUT2D eigenvalue weighted by atomic mass is 16.3. The van der Waals surface area contributed by atoms with Crippen LogP contribution in [0.25, 0.3) is 5.69 Å². The summed E-state index contributed by atoms with van der Waals surface area (Å²) in [5, 5.41) is 14.4. The van der Waals surface area contributed by atoms with Crippen molar-refractivity contribution in [3.63, 3.8) is 0 Å². The van der Waals surface area contributed by atoms with Crippen molar-refractivity contribution in [1.29, 1.82) is 0 Å². The van der Waals surface area contributed by atoms with Crippen LogP contribution in [0.15, 0.2) is 24.3 Å². The highest BCUT2D eigenvalue weighted by Crippen LogP contribution is 2.25. The van der Waals surface area contributed by atoms with Gasteiger partial charge in [0.15, 0.2) is 0 Å². The molecule has 0 saturated heterocycles. The average molecular weight is 216 g/mol. The Hall–Kier alpha value is -1.77. The van der Waals surface area contributed by atoms with E-state index in [1.54, 1.807) is 4.68 Å². The number of hydrogen-bond donors (Lipinski definition) is 1. The Morgan fingerprint density at radius 3 is 2.62 bits per heavy atom. The van der Waals surface area contributed by atoms with Crippen molar-refractivity contribution in [1.82, 2.24) is 9.78 Å². The maximum atomic E-state index is 10.1. The van der Waals surface area contributed by atoms with E-state index in [1.165, 1.54) is 0 Å². The van der Waals surface area contributed by atoms with Crippen LogP contribution in [0.4, 0.5) is 0 Å². The van der Waals surface area contributed by atoms with E-state index in [-0.39, 0.29) is 5.88 Å². The summed E-state index contributed by atoms with van der Waals surface area (Å²) in [6.07, 6.45) is 0.795. The monoisotopic (exact) mass is 216 g/mol. The molecule has 2 aromatic rings. The first-order valence-corrected chi connectivity index (χ1v) is 5.48. The third kappa shape index (κ3) is 1.69. The summed E-state index contributed by atoms with van der Waals surface area (Å²) >= 11 is 0. The largest absolute Gasteiger partial charge is 0.493 e. The Morgan fingerprint density at radius 1 is 1.31 bits per heavy atom. The second-order valence-corrected chi connectivity index (χ2v) is 3.99. The lowest BCUT2D eigenvalue weighted by Crippen LogP contribution is -1.96. The van der Waals surface area contributed by atoms with Gasteiger partial charge in [-0.3, -0.25) is 0 Å². The summed E-state index contributed by atoms with van der Waals surface area (Å²) in [5.41, 5.74) is 3.87. The average Bonchev–Trinajstić information content (AvgIpc) is 2.54. The standard InChI is InChI=1S/C13H16N2O/c1-4-12-10(3)14-15(13(12)16)11-7-5-6-9(2)8-11/h5-8,16H,4H2,1-3H3. The number of benzene rings is 1. The fraction of sp³-hybridized carbons (Fsp3) is 0.308. The lowest BCUT2D eigenvalue weighted by atomic mass is 10.2. The molecule has 84 valence electrons. The second-order valence-electron chi connectivity index (χ2n) is 3.99. The van der Waals surface area contributed by atoms with E-state index in [4.69, 9.17) is 0 Å². The molecule has 0 saturated carbocycles. The first kappa shape index (κ1) is 10.7. The molecule has 0 aliphatic rings. The van der Waals surface area contributed by atoms with Gasteiger partial charge in [0, 0.05) is 5.56 Å². The molecule has 3 heteroatoms. The first-order valence-electron chi connectivity index (χ1n) is 5.48. The summed E-state index contributed by atoms with van der Waals surface area (Å²) < 4.78 is 1.60. The minimum atomic E-state index is 0.255. The van der Waals surface area contributed by atoms with Crippen LogP contribution >= 0.6 is 0 Å². The van der Waals surface area contributed by atoms with Crippen LogP contribution in [0.3, 0.4) is 0 Å². The van der Waals surface area contributed by atoms with Crippen molar-refractivity contribution in [2.24, 2.45) is 0 Å². The Kier molecular flexibility index (Phi) is 2.69. The molecule has 0 radical (unpaired) electrons. The van der Waals surface area contributed by atoms with Crippen molar-refractivity contribution in [3.05, 3.63) is 41.1 Å². The number of aromatic hydroxyl groups is 1. The van der Waals surface area contributed by atoms with Gasteiger partial charge in [-0.2, -0.15) is 5.10 Å². The number of nitrogens with zero attached hydrogens (tertiary/aromatic N) is 2. The molecule has 0 amide bonds. The fourth-order valence-corrected chi connectivity index (χ4v) is 1.90. The van der Waals surface area contributed by atoms with Crippen LogP contribution in [0, 0.1) is 13.8 Å². The second kappa shape index (κ2) is 4.00. The highest BCUT2D eigenvalue weighted by molar-refractivity contribution is 5.41. The molecular formula is C13H16N2O. The van der Waals surface area contributed by atoms with Gasteiger partial charge in [0.05, 0.1) is 11.4 Å². The molecule has 0 fully saturated rings. The van der Waals surface area contributed by atoms with E-state index in [1.807, 2.05) is 45.0 Å². The van der Waals surface area contributed by atoms with E-state index in [2.05, 4.69) is 5.10 Å². The normalized spacial score (nSPS) is 10.7. The maximum absolute atomic E-state index is 10.1. The summed E-state index contributed by atoms with van der Waals surface area (Å²) in [5.74, 6) is 0.255. The summed E-state index contributed by atoms with van der Waals surface area (Å²) in [4.78, 5) is 0. The van der Waals surface area contributed by atoms with Crippen LogP contribution in [-0.2, 0) is 6.42 Å². The Morgan fingerprint density at radius 2 is 2.06 bits per heavy atom. The highest BCUT2D eigenvalue weighted by Gasteiger charge is 2.13. The number of rotatable bonds is 2. The van der Waals surface area contributed by atoms with E-state index >= 15 is 0 Å². The van der Waals surface area contributed by atoms with Crippen molar-refractivity contribution >= 4 is 0 Å². The van der Waals surface area contributed by atoms with E-state index in [9.17, 15) is 5.11 Å². The van der Waals surface area contributed by atoms with E-state index in [0.717, 1.165) is 28.9 Å². The minimum absolute atomic E-state index is 0.255. The molecule has 0 aliphatic carbocycles. The zero-order chi connectivity index (χ0) is 11.7. The first-order chi connectivity index (χ1) is 7.63. The molecule has 0 bridgehead atoms. The fourth-order valence-electron chi connectivity index (χ4n) is 1.90. The lowest BCUT2D eigenvalue weighted by molar-refractivity contribution is 0.428. The van der Waals surface area contributed by atoms with Gasteiger partial charge in [0.25, 0.3) is 0 Å². The van der Waals surface area contributed by atoms with Crippen LogP contribution < -0.4 is 0 Å². The molecule has 1 aromatic carbocycles. The van der Waals surface area contributed by atoms with Crippen molar-refractivity contribution in [2.75, 3.05) is 0 Å². The molecule has 1 aromatic heterocycles. The van der Waals surface area contributed by atoms with Gasteiger partial charge in [0.2, 0.25) is 5.88 Å². The van der Waals surface area contributed by atoms with Gasteiger partial charge < -0.3 is 5.11 Å². The van der Waals surface area contributed by atoms with Gasteiger partial charge in [-0.25, -0.2) is 4.68 Å². The third-order valence-electron chi connectivity index (χ3n) is 2.76. The zero-order valence-corrected chi connectivity index (χ0v) is 9.86. The molecule has 0 atom stereocenters. The van der Waals surface area contributed by atoms with Gasteiger partial charge in [-0.05, 0) is 38.0 Å². The summed E-state index contributed by atoms with van der Waals surface area (Å²) in [6.45, 7) is 5.97. The van der Waals surface area contributed by atoms with Crippen LogP contribution in [0.5, 0.6) is 5.88 Å². The zero-order valence-electron chi connectivity index (χ0n) is 9.86. The molecule has 1 heterocycles. The number of aromatic nitrogens is 2. The summed E-state index contributed by atoms with van der Waals surface area (Å²) in [6, 6.07) is 7.94. The molecule has 2 rings (SSSR count). The molecule has 0 aliphatic heterocycles. The van der Waals surface area contributed by atoms with Gasteiger partial charge in [-0.1, -0.05) is 19.1 Å². The lowest BCUT2D eigenvalue weighted by Gasteiger charge is -2.04. The summed E-state index contributed by atoms with van der Waals surface area (Å²) in [7, 11) is 0. The molecule has 3 nitrogen and oxygen atoms in total. The molecule has 0 spiro atoms. The van der Waals surface area contributed by atoms with E-state index in [0.29, 0.717) is 0 Å². The molecular weight excluding hydrogens is 200 g/mol. The van der Waals surface area contributed by atoms with Crippen molar-refractivity contribution in [3.8, 4) is 11.6 Å². The number of hydrogen-bond acceptors (Lipinski definition) is 2. The predicted molar refractivity (Wildman–Crippen MR) is 64.1 cm³/mol. The molecule has 1 N–H and O–H groups in total. The Labute approximate surface area is 95.3 Å². The van der Waals surface area contributed by atoms with Crippen molar-refractivity contribution in [2.45, 2.75) is 27.2 Å².